The molecular weight excluding hydrogens is 558 g/mol. The molecule has 4 aromatic rings. The summed E-state index contributed by atoms with van der Waals surface area (Å²) >= 11 is 7.02. The van der Waals surface area contributed by atoms with Gasteiger partial charge < -0.3 is 9.52 Å². The lowest BCUT2D eigenvalue weighted by atomic mass is 9.95. The van der Waals surface area contributed by atoms with E-state index in [0.717, 1.165) is 35.4 Å². The number of furan rings is 1. The number of anilines is 1. The molecule has 2 aromatic heterocycles. The Kier molecular flexibility index (Phi) is 6.34. The topological polar surface area (TPSA) is 161 Å². The van der Waals surface area contributed by atoms with Crippen LogP contribution in [0.1, 0.15) is 22.2 Å². The van der Waals surface area contributed by atoms with Gasteiger partial charge >= 0.3 is 0 Å². The second-order valence-electron chi connectivity index (χ2n) is 7.88. The minimum atomic E-state index is -4.17. The van der Waals surface area contributed by atoms with E-state index in [-0.39, 0.29) is 41.8 Å². The van der Waals surface area contributed by atoms with Crippen LogP contribution in [0.25, 0.3) is 0 Å². The van der Waals surface area contributed by atoms with Gasteiger partial charge in [-0.25, -0.2) is 13.4 Å². The average Bonchev–Trinajstić information content (AvgIpc) is 3.65. The molecule has 0 spiro atoms. The lowest BCUT2D eigenvalue weighted by Gasteiger charge is -2.25. The normalized spacial score (nSPS) is 15.8. The van der Waals surface area contributed by atoms with Crippen LogP contribution >= 0.6 is 22.9 Å². The lowest BCUT2D eigenvalue weighted by molar-refractivity contribution is -0.384. The minimum absolute atomic E-state index is 0.126. The van der Waals surface area contributed by atoms with Gasteiger partial charge in [0.1, 0.15) is 4.21 Å². The quantitative estimate of drug-likeness (QED) is 0.184. The number of thiazole rings is 1. The predicted octanol–water partition coefficient (Wildman–Crippen LogP) is 4.91. The first-order valence-corrected chi connectivity index (χ1v) is 13.3. The van der Waals surface area contributed by atoms with Crippen LogP contribution in [-0.4, -0.2) is 35.1 Å². The number of amides is 1. The summed E-state index contributed by atoms with van der Waals surface area (Å²) in [5, 5.41) is 21.7. The van der Waals surface area contributed by atoms with Crippen molar-refractivity contribution in [1.29, 1.82) is 0 Å². The molecule has 2 aromatic carbocycles. The Bertz CT molecular complexity index is 1730. The smallest absolute Gasteiger partial charge is 0.296 e. The van der Waals surface area contributed by atoms with Gasteiger partial charge in [-0.05, 0) is 35.9 Å². The Morgan fingerprint density at radius 2 is 1.84 bits per heavy atom. The highest BCUT2D eigenvalue weighted by atomic mass is 35.5. The van der Waals surface area contributed by atoms with E-state index < -0.39 is 38.3 Å². The van der Waals surface area contributed by atoms with Crippen molar-refractivity contribution in [1.82, 2.24) is 4.98 Å². The van der Waals surface area contributed by atoms with Crippen LogP contribution in [0.2, 0.25) is 5.02 Å². The minimum Gasteiger partial charge on any atom is -0.503 e. The zero-order chi connectivity index (χ0) is 27.2. The van der Waals surface area contributed by atoms with Gasteiger partial charge in [-0.15, -0.1) is 0 Å². The number of aliphatic hydroxyl groups excluding tert-OH is 1. The van der Waals surface area contributed by atoms with E-state index in [1.165, 1.54) is 24.5 Å². The van der Waals surface area contributed by atoms with E-state index in [4.69, 9.17) is 16.0 Å². The number of hydrogen-bond acceptors (Lipinski definition) is 10. The number of aliphatic hydroxyl groups is 1. The molecule has 0 fully saturated rings. The van der Waals surface area contributed by atoms with Crippen LogP contribution in [0, 0.1) is 10.1 Å². The number of carbonyl (C=O) groups is 2. The number of nitrogens with zero attached hydrogens (tertiary/aromatic N) is 3. The van der Waals surface area contributed by atoms with Gasteiger partial charge in [0, 0.05) is 17.2 Å². The molecule has 1 aliphatic rings. The molecule has 5 rings (SSSR count). The fourth-order valence-corrected chi connectivity index (χ4v) is 6.70. The van der Waals surface area contributed by atoms with E-state index in [1.54, 1.807) is 18.2 Å². The lowest BCUT2D eigenvalue weighted by Crippen LogP contribution is -2.31. The van der Waals surface area contributed by atoms with Crippen molar-refractivity contribution in [2.45, 2.75) is 15.1 Å². The van der Waals surface area contributed by atoms with Gasteiger partial charge in [0.05, 0.1) is 33.9 Å². The third kappa shape index (κ3) is 4.16. The second-order valence-corrected chi connectivity index (χ2v) is 11.5. The number of carbonyl (C=O) groups excluding carboxylic acids is 2. The molecular formula is C24H14ClN3O8S2. The summed E-state index contributed by atoms with van der Waals surface area (Å²) in [5.74, 6) is -2.73. The van der Waals surface area contributed by atoms with E-state index in [0.29, 0.717) is 11.3 Å². The fraction of sp³-hybridized carbons (Fsp3) is 0.0417. The molecule has 11 nitrogen and oxygen atoms in total. The first kappa shape index (κ1) is 25.3. The molecule has 14 heteroatoms. The maximum absolute atomic E-state index is 13.3. The second kappa shape index (κ2) is 9.52. The summed E-state index contributed by atoms with van der Waals surface area (Å²) in [6.07, 6.45) is 2.29. The molecule has 38 heavy (non-hydrogen) atoms. The third-order valence-corrected chi connectivity index (χ3v) is 9.27. The SMILES string of the molecule is O=C(C1=C(O)C(=O)N(c2ncc(S(=O)(=O)c3ccc([N+](=O)[O-])cc3)s2)[C@@H]1c1ccccc1Cl)c1ccco1. The molecule has 0 aliphatic carbocycles. The third-order valence-electron chi connectivity index (χ3n) is 5.70. The number of rotatable bonds is 7. The first-order valence-electron chi connectivity index (χ1n) is 10.7. The van der Waals surface area contributed by atoms with Crippen molar-refractivity contribution in [2.24, 2.45) is 0 Å². The Morgan fingerprint density at radius 1 is 1.13 bits per heavy atom. The zero-order valence-corrected chi connectivity index (χ0v) is 21.2. The molecule has 1 amide bonds. The monoisotopic (exact) mass is 571 g/mol. The number of benzene rings is 2. The molecule has 0 radical (unpaired) electrons. The summed E-state index contributed by atoms with van der Waals surface area (Å²) in [4.78, 5) is 41.7. The molecule has 0 unspecified atom stereocenters. The standard InChI is InChI=1S/C24H14ClN3O8S2/c25-16-5-2-1-4-15(16)20-19(21(29)17-6-3-11-36-17)22(30)23(31)27(20)24-26-12-18(37-24)38(34,35)14-9-7-13(8-10-14)28(32)33/h1-12,20,30H/t20-/m1/s1. The zero-order valence-electron chi connectivity index (χ0n) is 18.8. The van der Waals surface area contributed by atoms with Crippen molar-refractivity contribution in [2.75, 3.05) is 4.90 Å². The largest absolute Gasteiger partial charge is 0.503 e. The fourth-order valence-electron chi connectivity index (χ4n) is 3.92. The van der Waals surface area contributed by atoms with Crippen LogP contribution in [0.3, 0.4) is 0 Å². The van der Waals surface area contributed by atoms with E-state index >= 15 is 0 Å². The van der Waals surface area contributed by atoms with E-state index in [1.807, 2.05) is 0 Å². The molecule has 0 saturated carbocycles. The van der Waals surface area contributed by atoms with Gasteiger partial charge in [0.2, 0.25) is 15.6 Å². The molecule has 1 atom stereocenters. The van der Waals surface area contributed by atoms with Gasteiger partial charge in [-0.3, -0.25) is 24.6 Å². The molecule has 1 N–H and O–H groups in total. The Hall–Kier alpha value is -4.33. The number of Topliss-reactive ketones (excluding diaryl/α,β-unsaturated/α-hetero) is 1. The van der Waals surface area contributed by atoms with Crippen LogP contribution in [-0.2, 0) is 14.6 Å². The van der Waals surface area contributed by atoms with Crippen molar-refractivity contribution in [3.05, 3.63) is 111 Å². The number of nitro groups is 1. The van der Waals surface area contributed by atoms with Gasteiger partial charge in [0.25, 0.3) is 11.6 Å². The van der Waals surface area contributed by atoms with Crippen LogP contribution in [0.15, 0.2) is 98.0 Å². The van der Waals surface area contributed by atoms with Gasteiger partial charge in [-0.2, -0.15) is 0 Å². The first-order chi connectivity index (χ1) is 18.1. The summed E-state index contributed by atoms with van der Waals surface area (Å²) < 4.78 is 31.3. The maximum atomic E-state index is 13.3. The number of hydrogen-bond donors (Lipinski definition) is 1. The summed E-state index contributed by atoms with van der Waals surface area (Å²) in [6, 6.07) is 12.3. The number of halogens is 1. The van der Waals surface area contributed by atoms with Crippen molar-refractivity contribution < 1.29 is 32.5 Å². The van der Waals surface area contributed by atoms with Gasteiger partial charge in [0.15, 0.2) is 16.7 Å². The number of non-ortho nitro benzene ring substituents is 1. The summed E-state index contributed by atoms with van der Waals surface area (Å²) in [5.41, 5.74) is -0.307. The van der Waals surface area contributed by atoms with Gasteiger partial charge in [-0.1, -0.05) is 41.1 Å². The van der Waals surface area contributed by atoms with Crippen molar-refractivity contribution in [3.63, 3.8) is 0 Å². The highest BCUT2D eigenvalue weighted by molar-refractivity contribution is 7.93. The van der Waals surface area contributed by atoms with Crippen LogP contribution in [0.5, 0.6) is 0 Å². The highest BCUT2D eigenvalue weighted by Gasteiger charge is 2.47. The number of aromatic nitrogens is 1. The molecule has 1 aliphatic heterocycles. The number of ketones is 1. The highest BCUT2D eigenvalue weighted by Crippen LogP contribution is 2.45. The Balaban J connectivity index is 1.59. The van der Waals surface area contributed by atoms with Crippen molar-refractivity contribution >= 4 is 55.3 Å². The molecule has 3 heterocycles. The van der Waals surface area contributed by atoms with E-state index in [9.17, 15) is 33.2 Å². The van der Waals surface area contributed by atoms with Crippen LogP contribution in [0.4, 0.5) is 10.8 Å². The van der Waals surface area contributed by atoms with E-state index in [2.05, 4.69) is 4.98 Å². The van der Waals surface area contributed by atoms with Crippen molar-refractivity contribution in [3.8, 4) is 0 Å². The summed E-state index contributed by atoms with van der Waals surface area (Å²) in [6.45, 7) is 0. The molecule has 0 bridgehead atoms. The van der Waals surface area contributed by atoms with Crippen LogP contribution < -0.4 is 4.90 Å². The molecule has 192 valence electrons. The average molecular weight is 572 g/mol. The predicted molar refractivity (Wildman–Crippen MR) is 135 cm³/mol. The Morgan fingerprint density at radius 3 is 2.47 bits per heavy atom. The molecule has 0 saturated heterocycles. The maximum Gasteiger partial charge on any atom is 0.296 e. The number of nitro benzene ring substituents is 1. The Labute approximate surface area is 223 Å². The summed E-state index contributed by atoms with van der Waals surface area (Å²) in [7, 11) is -4.17. The number of sulfone groups is 1.